The fraction of sp³-hybridized carbons (Fsp3) is 0.333. The summed E-state index contributed by atoms with van der Waals surface area (Å²) in [6.07, 6.45) is 1.40. The van der Waals surface area contributed by atoms with Crippen LogP contribution in [-0.2, 0) is 9.53 Å². The van der Waals surface area contributed by atoms with Gasteiger partial charge in [0.25, 0.3) is 5.56 Å². The molecular weight excluding hydrogens is 470 g/mol. The number of benzene rings is 1. The smallest absolute Gasteiger partial charge is 0.359 e. The molecule has 0 saturated carbocycles. The van der Waals surface area contributed by atoms with Gasteiger partial charge >= 0.3 is 5.97 Å². The van der Waals surface area contributed by atoms with Crippen molar-refractivity contribution >= 4 is 54.9 Å². The zero-order valence-electron chi connectivity index (χ0n) is 16.9. The molecule has 9 heteroatoms. The number of aromatic nitrogens is 2. The number of ether oxygens (including phenoxy) is 1. The van der Waals surface area contributed by atoms with E-state index in [4.69, 9.17) is 4.74 Å². The van der Waals surface area contributed by atoms with Gasteiger partial charge in [0.05, 0.1) is 17.7 Å². The van der Waals surface area contributed by atoms with Gasteiger partial charge in [-0.15, -0.1) is 11.3 Å². The second kappa shape index (κ2) is 9.53. The van der Waals surface area contributed by atoms with Crippen LogP contribution in [0.4, 0.5) is 5.00 Å². The number of esters is 1. The second-order valence-corrected chi connectivity index (χ2v) is 8.41. The quantitative estimate of drug-likeness (QED) is 0.481. The van der Waals surface area contributed by atoms with Crippen molar-refractivity contribution in [2.45, 2.75) is 33.6 Å². The van der Waals surface area contributed by atoms with Gasteiger partial charge in [-0.05, 0) is 44.0 Å². The predicted octanol–water partition coefficient (Wildman–Crippen LogP) is 4.76. The second-order valence-electron chi connectivity index (χ2n) is 6.62. The summed E-state index contributed by atoms with van der Waals surface area (Å²) in [4.78, 5) is 38.5. The molecular formula is C21H22BrN3O4S. The van der Waals surface area contributed by atoms with E-state index >= 15 is 0 Å². The first-order valence-corrected chi connectivity index (χ1v) is 11.4. The molecule has 0 saturated heterocycles. The standard InChI is InChI=1S/C21H22BrN3O4S/c1-4-12(5-2)18(26)23-19-16-15(11-30-19)17(21(28)29-6-3)24-25(20(16)27)14-9-7-13(22)8-10-14/h7-12H,4-6H2,1-3H3,(H,23,26). The van der Waals surface area contributed by atoms with Gasteiger partial charge in [0, 0.05) is 21.2 Å². The Balaban J connectivity index is 2.21. The van der Waals surface area contributed by atoms with Crippen LogP contribution in [0, 0.1) is 5.92 Å². The summed E-state index contributed by atoms with van der Waals surface area (Å²) >= 11 is 4.57. The lowest BCUT2D eigenvalue weighted by atomic mass is 10.0. The van der Waals surface area contributed by atoms with Gasteiger partial charge in [0.1, 0.15) is 5.00 Å². The van der Waals surface area contributed by atoms with Crippen LogP contribution in [-0.4, -0.2) is 28.3 Å². The Morgan fingerprint density at radius 1 is 1.20 bits per heavy atom. The van der Waals surface area contributed by atoms with Crippen molar-refractivity contribution in [3.8, 4) is 5.69 Å². The number of rotatable bonds is 7. The number of hydrogen-bond acceptors (Lipinski definition) is 6. The molecule has 7 nitrogen and oxygen atoms in total. The number of carbonyl (C=O) groups is 2. The molecule has 0 spiro atoms. The number of carbonyl (C=O) groups excluding carboxylic acids is 2. The summed E-state index contributed by atoms with van der Waals surface area (Å²) in [6, 6.07) is 6.99. The number of halogens is 1. The van der Waals surface area contributed by atoms with E-state index in [0.29, 0.717) is 28.9 Å². The number of amides is 1. The summed E-state index contributed by atoms with van der Waals surface area (Å²) in [6.45, 7) is 5.78. The largest absolute Gasteiger partial charge is 0.461 e. The topological polar surface area (TPSA) is 90.3 Å². The number of thiophene rings is 1. The number of nitrogens with one attached hydrogen (secondary N) is 1. The Labute approximate surface area is 186 Å². The fourth-order valence-electron chi connectivity index (χ4n) is 3.12. The molecule has 3 rings (SSSR count). The van der Waals surface area contributed by atoms with E-state index in [-0.39, 0.29) is 29.5 Å². The lowest BCUT2D eigenvalue weighted by molar-refractivity contribution is -0.120. The highest BCUT2D eigenvalue weighted by molar-refractivity contribution is 9.10. The van der Waals surface area contributed by atoms with Crippen LogP contribution in [0.2, 0.25) is 0 Å². The lowest BCUT2D eigenvalue weighted by Gasteiger charge is -2.13. The summed E-state index contributed by atoms with van der Waals surface area (Å²) in [5, 5.41) is 9.85. The number of hydrogen-bond donors (Lipinski definition) is 1. The molecule has 2 heterocycles. The molecule has 1 amide bonds. The van der Waals surface area contributed by atoms with E-state index in [1.807, 2.05) is 13.8 Å². The van der Waals surface area contributed by atoms with Crippen molar-refractivity contribution in [1.29, 1.82) is 0 Å². The highest BCUT2D eigenvalue weighted by Gasteiger charge is 2.24. The third-order valence-electron chi connectivity index (χ3n) is 4.79. The Bertz CT molecular complexity index is 1130. The maximum Gasteiger partial charge on any atom is 0.359 e. The molecule has 3 aromatic rings. The fourth-order valence-corrected chi connectivity index (χ4v) is 4.33. The maximum absolute atomic E-state index is 13.3. The average Bonchev–Trinajstić information content (AvgIpc) is 3.14. The normalized spacial score (nSPS) is 11.1. The summed E-state index contributed by atoms with van der Waals surface area (Å²) in [7, 11) is 0. The minimum Gasteiger partial charge on any atom is -0.461 e. The molecule has 1 N–H and O–H groups in total. The molecule has 0 fully saturated rings. The van der Waals surface area contributed by atoms with Crippen LogP contribution in [0.1, 0.15) is 44.1 Å². The number of nitrogens with zero attached hydrogens (tertiary/aromatic N) is 2. The maximum atomic E-state index is 13.3. The Morgan fingerprint density at radius 2 is 1.87 bits per heavy atom. The third kappa shape index (κ3) is 4.32. The van der Waals surface area contributed by atoms with E-state index < -0.39 is 11.5 Å². The minimum atomic E-state index is -0.621. The molecule has 0 radical (unpaired) electrons. The lowest BCUT2D eigenvalue weighted by Crippen LogP contribution is -2.26. The molecule has 0 atom stereocenters. The van der Waals surface area contributed by atoms with Gasteiger partial charge in [-0.1, -0.05) is 29.8 Å². The van der Waals surface area contributed by atoms with Crippen LogP contribution in [0.3, 0.4) is 0 Å². The summed E-state index contributed by atoms with van der Waals surface area (Å²) < 4.78 is 7.16. The minimum absolute atomic E-state index is 0.0358. The Hall–Kier alpha value is -2.52. The molecule has 0 bridgehead atoms. The molecule has 30 heavy (non-hydrogen) atoms. The highest BCUT2D eigenvalue weighted by Crippen LogP contribution is 2.31. The van der Waals surface area contributed by atoms with Crippen LogP contribution >= 0.6 is 27.3 Å². The van der Waals surface area contributed by atoms with Gasteiger partial charge in [0.2, 0.25) is 5.91 Å². The molecule has 1 aromatic carbocycles. The zero-order chi connectivity index (χ0) is 21.8. The van der Waals surface area contributed by atoms with Gasteiger partial charge in [-0.3, -0.25) is 9.59 Å². The van der Waals surface area contributed by atoms with Gasteiger partial charge in [0.15, 0.2) is 5.69 Å². The Morgan fingerprint density at radius 3 is 2.47 bits per heavy atom. The molecule has 0 aliphatic heterocycles. The first-order valence-electron chi connectivity index (χ1n) is 9.69. The van der Waals surface area contributed by atoms with Crippen LogP contribution < -0.4 is 10.9 Å². The van der Waals surface area contributed by atoms with Crippen LogP contribution in [0.25, 0.3) is 16.5 Å². The van der Waals surface area contributed by atoms with Gasteiger partial charge in [-0.2, -0.15) is 9.78 Å². The van der Waals surface area contributed by atoms with E-state index in [2.05, 4.69) is 26.3 Å². The van der Waals surface area contributed by atoms with E-state index in [0.717, 1.165) is 4.47 Å². The molecule has 0 aliphatic rings. The monoisotopic (exact) mass is 491 g/mol. The van der Waals surface area contributed by atoms with Crippen molar-refractivity contribution in [2.75, 3.05) is 11.9 Å². The van der Waals surface area contributed by atoms with E-state index in [9.17, 15) is 14.4 Å². The van der Waals surface area contributed by atoms with Crippen molar-refractivity contribution in [1.82, 2.24) is 9.78 Å². The van der Waals surface area contributed by atoms with Gasteiger partial charge in [-0.25, -0.2) is 4.79 Å². The summed E-state index contributed by atoms with van der Waals surface area (Å²) in [5.41, 5.74) is 0.120. The molecule has 0 aliphatic carbocycles. The van der Waals surface area contributed by atoms with Gasteiger partial charge < -0.3 is 10.1 Å². The molecule has 158 valence electrons. The number of fused-ring (bicyclic) bond motifs is 1. The SMILES string of the molecule is CCOC(=O)c1nn(-c2ccc(Br)cc2)c(=O)c2c(NC(=O)C(CC)CC)scc12. The zero-order valence-corrected chi connectivity index (χ0v) is 19.3. The molecule has 2 aromatic heterocycles. The van der Waals surface area contributed by atoms with E-state index in [1.165, 1.54) is 16.0 Å². The van der Waals surface area contributed by atoms with Crippen LogP contribution in [0.5, 0.6) is 0 Å². The van der Waals surface area contributed by atoms with Crippen LogP contribution in [0.15, 0.2) is 38.9 Å². The first-order chi connectivity index (χ1) is 14.4. The highest BCUT2D eigenvalue weighted by atomic mass is 79.9. The van der Waals surface area contributed by atoms with E-state index in [1.54, 1.807) is 36.6 Å². The van der Waals surface area contributed by atoms with Crippen molar-refractivity contribution < 1.29 is 14.3 Å². The predicted molar refractivity (Wildman–Crippen MR) is 122 cm³/mol. The summed E-state index contributed by atoms with van der Waals surface area (Å²) in [5.74, 6) is -0.918. The first kappa shape index (κ1) is 22.2. The van der Waals surface area contributed by atoms with Crippen molar-refractivity contribution in [3.63, 3.8) is 0 Å². The average molecular weight is 492 g/mol. The van der Waals surface area contributed by atoms with Crippen molar-refractivity contribution in [2.24, 2.45) is 5.92 Å². The van der Waals surface area contributed by atoms with Crippen molar-refractivity contribution in [3.05, 3.63) is 50.2 Å². The third-order valence-corrected chi connectivity index (χ3v) is 6.21. The molecule has 0 unspecified atom stereocenters. The number of anilines is 1. The Kier molecular flexibility index (Phi) is 7.04.